The van der Waals surface area contributed by atoms with Crippen LogP contribution >= 0.6 is 0 Å². The summed E-state index contributed by atoms with van der Waals surface area (Å²) < 4.78 is 0. The van der Waals surface area contributed by atoms with Gasteiger partial charge in [-0.05, 0) is 12.0 Å². The molecule has 0 aliphatic carbocycles. The van der Waals surface area contributed by atoms with E-state index in [0.717, 1.165) is 12.4 Å². The predicted octanol–water partition coefficient (Wildman–Crippen LogP) is 1.65. The number of benzene rings is 1. The molecular formula is C12H15N3O5. The molecule has 0 aliphatic heterocycles. The topological polar surface area (TPSA) is 122 Å². The zero-order chi connectivity index (χ0) is 15.1. The standard InChI is InChI=1S/C12H15N3O5/c1-8(4-5-16)7-13-12(18)14-10-3-2-9(15(19)20)6-11(10)17/h2-3,5-6,8,17H,4,7H2,1H3,(H2,13,14,18). The zero-order valence-electron chi connectivity index (χ0n) is 10.8. The molecule has 0 bridgehead atoms. The monoisotopic (exact) mass is 281 g/mol. The number of nitro benzene ring substituents is 1. The quantitative estimate of drug-likeness (QED) is 0.317. The first-order chi connectivity index (χ1) is 9.43. The molecule has 3 N–H and O–H groups in total. The van der Waals surface area contributed by atoms with Crippen LogP contribution in [0.1, 0.15) is 13.3 Å². The van der Waals surface area contributed by atoms with Gasteiger partial charge in [-0.1, -0.05) is 6.92 Å². The number of aldehydes is 1. The van der Waals surface area contributed by atoms with Crippen molar-refractivity contribution in [1.82, 2.24) is 5.32 Å². The van der Waals surface area contributed by atoms with Crippen molar-refractivity contribution < 1.29 is 19.6 Å². The number of non-ortho nitro benzene ring substituents is 1. The number of nitro groups is 1. The summed E-state index contributed by atoms with van der Waals surface area (Å²) in [5.74, 6) is -0.390. The van der Waals surface area contributed by atoms with Gasteiger partial charge >= 0.3 is 6.03 Å². The van der Waals surface area contributed by atoms with E-state index in [1.165, 1.54) is 12.1 Å². The minimum atomic E-state index is -0.648. The molecule has 0 aliphatic rings. The van der Waals surface area contributed by atoms with Crippen LogP contribution in [0, 0.1) is 16.0 Å². The molecule has 0 saturated carbocycles. The highest BCUT2D eigenvalue weighted by molar-refractivity contribution is 5.91. The van der Waals surface area contributed by atoms with Gasteiger partial charge in [-0.3, -0.25) is 10.1 Å². The molecule has 0 spiro atoms. The molecule has 0 fully saturated rings. The number of amides is 2. The molecular weight excluding hydrogens is 266 g/mol. The third-order valence-electron chi connectivity index (χ3n) is 2.55. The normalized spacial score (nSPS) is 11.4. The van der Waals surface area contributed by atoms with E-state index in [0.29, 0.717) is 13.0 Å². The SMILES string of the molecule is CC(CC=O)CNC(=O)Nc1ccc([N+](=O)[O-])cc1O. The van der Waals surface area contributed by atoms with E-state index in [-0.39, 0.29) is 17.3 Å². The van der Waals surface area contributed by atoms with Crippen LogP contribution in [0.2, 0.25) is 0 Å². The number of rotatable bonds is 6. The lowest BCUT2D eigenvalue weighted by Crippen LogP contribution is -2.32. The number of phenols is 1. The molecule has 2 amide bonds. The molecule has 8 heteroatoms. The average Bonchev–Trinajstić information content (AvgIpc) is 2.39. The molecule has 0 saturated heterocycles. The maximum atomic E-state index is 11.5. The second kappa shape index (κ2) is 7.07. The molecule has 0 radical (unpaired) electrons. The van der Waals surface area contributed by atoms with E-state index < -0.39 is 16.7 Å². The average molecular weight is 281 g/mol. The van der Waals surface area contributed by atoms with Crippen molar-refractivity contribution >= 4 is 23.7 Å². The third kappa shape index (κ3) is 4.56. The number of hydrogen-bond donors (Lipinski definition) is 3. The molecule has 1 aromatic rings. The predicted molar refractivity (Wildman–Crippen MR) is 71.6 cm³/mol. The van der Waals surface area contributed by atoms with Gasteiger partial charge in [0.15, 0.2) is 0 Å². The fourth-order valence-electron chi connectivity index (χ4n) is 1.42. The lowest BCUT2D eigenvalue weighted by Gasteiger charge is -2.11. The smallest absolute Gasteiger partial charge is 0.319 e. The molecule has 1 unspecified atom stereocenters. The Bertz CT molecular complexity index is 518. The first-order valence-electron chi connectivity index (χ1n) is 5.90. The number of nitrogens with one attached hydrogen (secondary N) is 2. The van der Waals surface area contributed by atoms with Gasteiger partial charge in [0.1, 0.15) is 12.0 Å². The van der Waals surface area contributed by atoms with Gasteiger partial charge in [-0.25, -0.2) is 4.79 Å². The second-order valence-electron chi connectivity index (χ2n) is 4.30. The largest absolute Gasteiger partial charge is 0.506 e. The highest BCUT2D eigenvalue weighted by Crippen LogP contribution is 2.27. The molecule has 1 atom stereocenters. The maximum Gasteiger partial charge on any atom is 0.319 e. The van der Waals surface area contributed by atoms with Crippen LogP contribution in [-0.2, 0) is 4.79 Å². The molecule has 0 heterocycles. The second-order valence-corrected chi connectivity index (χ2v) is 4.30. The number of carbonyl (C=O) groups excluding carboxylic acids is 2. The van der Waals surface area contributed by atoms with Crippen molar-refractivity contribution in [3.05, 3.63) is 28.3 Å². The molecule has 1 aromatic carbocycles. The summed E-state index contributed by atoms with van der Waals surface area (Å²) in [6.07, 6.45) is 1.11. The van der Waals surface area contributed by atoms with Gasteiger partial charge < -0.3 is 20.5 Å². The fourth-order valence-corrected chi connectivity index (χ4v) is 1.42. The van der Waals surface area contributed by atoms with Gasteiger partial charge in [-0.15, -0.1) is 0 Å². The van der Waals surface area contributed by atoms with E-state index in [1.807, 2.05) is 0 Å². The minimum Gasteiger partial charge on any atom is -0.506 e. The van der Waals surface area contributed by atoms with Crippen molar-refractivity contribution in [3.8, 4) is 5.75 Å². The van der Waals surface area contributed by atoms with Crippen molar-refractivity contribution in [3.63, 3.8) is 0 Å². The maximum absolute atomic E-state index is 11.5. The van der Waals surface area contributed by atoms with Crippen molar-refractivity contribution in [2.75, 3.05) is 11.9 Å². The molecule has 8 nitrogen and oxygen atoms in total. The minimum absolute atomic E-state index is 0.00343. The molecule has 20 heavy (non-hydrogen) atoms. The van der Waals surface area contributed by atoms with E-state index in [9.17, 15) is 24.8 Å². The lowest BCUT2D eigenvalue weighted by atomic mass is 10.1. The van der Waals surface area contributed by atoms with Gasteiger partial charge in [0, 0.05) is 19.0 Å². The zero-order valence-corrected chi connectivity index (χ0v) is 10.8. The van der Waals surface area contributed by atoms with Crippen LogP contribution in [0.5, 0.6) is 5.75 Å². The summed E-state index contributed by atoms with van der Waals surface area (Å²) in [5, 5.41) is 24.9. The Kier molecular flexibility index (Phi) is 5.45. The highest BCUT2D eigenvalue weighted by Gasteiger charge is 2.12. The summed E-state index contributed by atoms with van der Waals surface area (Å²) in [6.45, 7) is 2.11. The van der Waals surface area contributed by atoms with Crippen LogP contribution in [0.25, 0.3) is 0 Å². The van der Waals surface area contributed by atoms with Gasteiger partial charge in [-0.2, -0.15) is 0 Å². The van der Waals surface area contributed by atoms with Crippen molar-refractivity contribution in [1.29, 1.82) is 0 Å². The van der Waals surface area contributed by atoms with Crippen LogP contribution in [0.3, 0.4) is 0 Å². The Morgan fingerprint density at radius 1 is 1.55 bits per heavy atom. The number of urea groups is 1. The Morgan fingerprint density at radius 2 is 2.25 bits per heavy atom. The molecule has 1 rings (SSSR count). The summed E-state index contributed by atoms with van der Waals surface area (Å²) in [5.41, 5.74) is -0.204. The van der Waals surface area contributed by atoms with Crippen LogP contribution in [-0.4, -0.2) is 28.9 Å². The fraction of sp³-hybridized carbons (Fsp3) is 0.333. The summed E-state index contributed by atoms with van der Waals surface area (Å²) in [4.78, 5) is 31.6. The van der Waals surface area contributed by atoms with E-state index in [2.05, 4.69) is 10.6 Å². The van der Waals surface area contributed by atoms with E-state index >= 15 is 0 Å². The summed E-state index contributed by atoms with van der Waals surface area (Å²) >= 11 is 0. The summed E-state index contributed by atoms with van der Waals surface area (Å²) in [6, 6.07) is 2.79. The Morgan fingerprint density at radius 3 is 2.80 bits per heavy atom. The highest BCUT2D eigenvalue weighted by atomic mass is 16.6. The van der Waals surface area contributed by atoms with Crippen LogP contribution < -0.4 is 10.6 Å². The summed E-state index contributed by atoms with van der Waals surface area (Å²) in [7, 11) is 0. The van der Waals surface area contributed by atoms with Crippen LogP contribution in [0.15, 0.2) is 18.2 Å². The van der Waals surface area contributed by atoms with Crippen molar-refractivity contribution in [2.45, 2.75) is 13.3 Å². The van der Waals surface area contributed by atoms with Gasteiger partial charge in [0.05, 0.1) is 16.7 Å². The van der Waals surface area contributed by atoms with Crippen LogP contribution in [0.4, 0.5) is 16.2 Å². The Hall–Kier alpha value is -2.64. The van der Waals surface area contributed by atoms with E-state index in [4.69, 9.17) is 0 Å². The van der Waals surface area contributed by atoms with Crippen molar-refractivity contribution in [2.24, 2.45) is 5.92 Å². The first-order valence-corrected chi connectivity index (χ1v) is 5.90. The Labute approximate surface area is 114 Å². The first kappa shape index (κ1) is 15.4. The number of phenolic OH excluding ortho intramolecular Hbond substituents is 1. The number of carbonyl (C=O) groups is 2. The third-order valence-corrected chi connectivity index (χ3v) is 2.55. The number of aromatic hydroxyl groups is 1. The van der Waals surface area contributed by atoms with E-state index in [1.54, 1.807) is 6.92 Å². The van der Waals surface area contributed by atoms with Gasteiger partial charge in [0.2, 0.25) is 0 Å². The number of anilines is 1. The number of hydrogen-bond acceptors (Lipinski definition) is 5. The lowest BCUT2D eigenvalue weighted by molar-refractivity contribution is -0.384. The molecule has 108 valence electrons. The Balaban J connectivity index is 2.58. The number of nitrogens with zero attached hydrogens (tertiary/aromatic N) is 1. The van der Waals surface area contributed by atoms with Gasteiger partial charge in [0.25, 0.3) is 5.69 Å². The molecule has 0 aromatic heterocycles.